The number of Topliss-reactive ketones (excluding diaryl/α,β-unsaturated/α-hetero) is 1. The van der Waals surface area contributed by atoms with Gasteiger partial charge >= 0.3 is 0 Å². The Bertz CT molecular complexity index is 845. The van der Waals surface area contributed by atoms with Crippen molar-refractivity contribution in [3.05, 3.63) is 71.8 Å². The second kappa shape index (κ2) is 5.86. The molecule has 0 bridgehead atoms. The predicted molar refractivity (Wildman–Crippen MR) is 97.5 cm³/mol. The van der Waals surface area contributed by atoms with E-state index in [4.69, 9.17) is 4.43 Å². The van der Waals surface area contributed by atoms with E-state index in [2.05, 4.69) is 6.07 Å². The fourth-order valence-corrected chi connectivity index (χ4v) is 4.19. The van der Waals surface area contributed by atoms with E-state index in [9.17, 15) is 10.1 Å². The van der Waals surface area contributed by atoms with E-state index in [-0.39, 0.29) is 5.78 Å². The molecule has 120 valence electrons. The molecule has 0 saturated carbocycles. The Morgan fingerprint density at radius 1 is 0.917 bits per heavy atom. The second-order valence-corrected chi connectivity index (χ2v) is 11.2. The van der Waals surface area contributed by atoms with Crippen molar-refractivity contribution in [1.29, 1.82) is 5.26 Å². The Morgan fingerprint density at radius 2 is 1.42 bits per heavy atom. The smallest absolute Gasteiger partial charge is 0.235 e. The zero-order valence-electron chi connectivity index (χ0n) is 14.0. The van der Waals surface area contributed by atoms with Crippen LogP contribution >= 0.6 is 0 Å². The first-order chi connectivity index (χ1) is 11.4. The van der Waals surface area contributed by atoms with Crippen molar-refractivity contribution >= 4 is 25.2 Å². The van der Waals surface area contributed by atoms with E-state index in [1.807, 2.05) is 80.3 Å². The summed E-state index contributed by atoms with van der Waals surface area (Å²) in [5, 5.41) is 9.86. The number of ketones is 1. The fourth-order valence-electron chi connectivity index (χ4n) is 3.04. The zero-order chi connectivity index (χ0) is 17.4. The van der Waals surface area contributed by atoms with Crippen LogP contribution in [-0.2, 0) is 9.22 Å². The maximum absolute atomic E-state index is 13.0. The summed E-state index contributed by atoms with van der Waals surface area (Å²) in [5.74, 6) is -0.238. The minimum absolute atomic E-state index is 0.238. The summed E-state index contributed by atoms with van der Waals surface area (Å²) in [6.45, 7) is 5.97. The summed E-state index contributed by atoms with van der Waals surface area (Å²) in [7, 11) is -2.11. The van der Waals surface area contributed by atoms with Gasteiger partial charge in [0.15, 0.2) is 8.32 Å². The van der Waals surface area contributed by atoms with Crippen molar-refractivity contribution in [2.24, 2.45) is 0 Å². The number of nitriles is 1. The Labute approximate surface area is 143 Å². The summed E-state index contributed by atoms with van der Waals surface area (Å²) in [6.07, 6.45) is 0. The Kier molecular flexibility index (Phi) is 4.00. The van der Waals surface area contributed by atoms with Crippen molar-refractivity contribution in [3.8, 4) is 6.07 Å². The molecule has 0 spiro atoms. The standard InChI is InChI=1S/C20H19NO2Si/c1-24(2,3)23-20(14-21)18(16-12-8-5-9-13-16)17(19(20)22)15-10-6-4-7-11-15/h4-13H,1-3H3. The molecule has 0 aromatic heterocycles. The van der Waals surface area contributed by atoms with Gasteiger partial charge in [-0.3, -0.25) is 4.79 Å². The second-order valence-electron chi connectivity index (χ2n) is 6.82. The highest BCUT2D eigenvalue weighted by Crippen LogP contribution is 2.50. The van der Waals surface area contributed by atoms with E-state index in [0.717, 1.165) is 11.1 Å². The van der Waals surface area contributed by atoms with Gasteiger partial charge in [-0.25, -0.2) is 0 Å². The monoisotopic (exact) mass is 333 g/mol. The van der Waals surface area contributed by atoms with Crippen LogP contribution in [0.15, 0.2) is 60.7 Å². The molecule has 1 aliphatic carbocycles. The largest absolute Gasteiger partial charge is 0.391 e. The molecule has 0 amide bonds. The van der Waals surface area contributed by atoms with Gasteiger partial charge in [-0.15, -0.1) is 0 Å². The van der Waals surface area contributed by atoms with Gasteiger partial charge in [0.1, 0.15) is 6.07 Å². The maximum atomic E-state index is 13.0. The highest BCUT2D eigenvalue weighted by molar-refractivity contribution is 6.70. The highest BCUT2D eigenvalue weighted by Gasteiger charge is 2.58. The Balaban J connectivity index is 2.25. The summed E-state index contributed by atoms with van der Waals surface area (Å²) in [6, 6.07) is 21.2. The zero-order valence-corrected chi connectivity index (χ0v) is 15.0. The molecule has 0 heterocycles. The molecule has 0 saturated heterocycles. The van der Waals surface area contributed by atoms with Gasteiger partial charge in [-0.2, -0.15) is 5.26 Å². The van der Waals surface area contributed by atoms with Crippen LogP contribution in [-0.4, -0.2) is 19.7 Å². The molecule has 3 rings (SSSR count). The van der Waals surface area contributed by atoms with Crippen LogP contribution in [0.3, 0.4) is 0 Å². The molecule has 1 aliphatic rings. The Morgan fingerprint density at radius 3 is 1.88 bits per heavy atom. The molecule has 0 radical (unpaired) electrons. The maximum Gasteiger partial charge on any atom is 0.235 e. The molecule has 24 heavy (non-hydrogen) atoms. The summed E-state index contributed by atoms with van der Waals surface area (Å²) in [4.78, 5) is 13.0. The molecule has 1 atom stereocenters. The molecular formula is C20H19NO2Si. The van der Waals surface area contributed by atoms with Crippen LogP contribution in [0.25, 0.3) is 11.1 Å². The van der Waals surface area contributed by atoms with Crippen molar-refractivity contribution in [2.75, 3.05) is 0 Å². The Hall–Kier alpha value is -2.48. The van der Waals surface area contributed by atoms with E-state index in [1.165, 1.54) is 0 Å². The van der Waals surface area contributed by atoms with Crippen molar-refractivity contribution in [1.82, 2.24) is 0 Å². The van der Waals surface area contributed by atoms with Crippen LogP contribution in [0.1, 0.15) is 11.1 Å². The molecule has 0 aliphatic heterocycles. The number of hydrogen-bond acceptors (Lipinski definition) is 3. The minimum Gasteiger partial charge on any atom is -0.391 e. The highest BCUT2D eigenvalue weighted by atomic mass is 28.4. The molecule has 4 heteroatoms. The van der Waals surface area contributed by atoms with Crippen LogP contribution in [0, 0.1) is 11.3 Å². The first kappa shape index (κ1) is 16.4. The summed E-state index contributed by atoms with van der Waals surface area (Å²) >= 11 is 0. The van der Waals surface area contributed by atoms with E-state index in [0.29, 0.717) is 11.1 Å². The van der Waals surface area contributed by atoms with Crippen LogP contribution < -0.4 is 0 Å². The normalized spacial score (nSPS) is 20.5. The molecule has 2 aromatic rings. The number of carbonyl (C=O) groups excluding carboxylic acids is 1. The predicted octanol–water partition coefficient (Wildman–Crippen LogP) is 4.29. The van der Waals surface area contributed by atoms with Gasteiger partial charge in [0, 0.05) is 11.1 Å². The van der Waals surface area contributed by atoms with Crippen LogP contribution in [0.4, 0.5) is 0 Å². The lowest BCUT2D eigenvalue weighted by molar-refractivity contribution is -0.123. The van der Waals surface area contributed by atoms with E-state index in [1.54, 1.807) is 0 Å². The topological polar surface area (TPSA) is 50.1 Å². The van der Waals surface area contributed by atoms with Crippen molar-refractivity contribution in [2.45, 2.75) is 25.2 Å². The lowest BCUT2D eigenvalue weighted by Crippen LogP contribution is -2.55. The van der Waals surface area contributed by atoms with Gasteiger partial charge in [0.2, 0.25) is 11.4 Å². The van der Waals surface area contributed by atoms with Crippen LogP contribution in [0.2, 0.25) is 19.6 Å². The number of carbonyl (C=O) groups is 1. The van der Waals surface area contributed by atoms with Gasteiger partial charge in [0.25, 0.3) is 0 Å². The van der Waals surface area contributed by atoms with Gasteiger partial charge in [0.05, 0.1) is 0 Å². The molecule has 3 nitrogen and oxygen atoms in total. The fraction of sp³-hybridized carbons (Fsp3) is 0.200. The first-order valence-corrected chi connectivity index (χ1v) is 11.3. The van der Waals surface area contributed by atoms with Crippen LogP contribution in [0.5, 0.6) is 0 Å². The van der Waals surface area contributed by atoms with Crippen molar-refractivity contribution < 1.29 is 9.22 Å². The number of nitrogens with zero attached hydrogens (tertiary/aromatic N) is 1. The van der Waals surface area contributed by atoms with E-state index >= 15 is 0 Å². The summed E-state index contributed by atoms with van der Waals surface area (Å²) < 4.78 is 6.11. The molecule has 1 unspecified atom stereocenters. The summed E-state index contributed by atoms with van der Waals surface area (Å²) in [5.41, 5.74) is 1.46. The van der Waals surface area contributed by atoms with Gasteiger partial charge in [-0.05, 0) is 30.8 Å². The van der Waals surface area contributed by atoms with Gasteiger partial charge in [-0.1, -0.05) is 60.7 Å². The number of rotatable bonds is 4. The SMILES string of the molecule is C[Si](C)(C)OC1(C#N)C(=O)C(c2ccccc2)=C1c1ccccc1. The number of hydrogen-bond donors (Lipinski definition) is 0. The third kappa shape index (κ3) is 2.62. The third-order valence-electron chi connectivity index (χ3n) is 3.89. The quantitative estimate of drug-likeness (QED) is 0.784. The first-order valence-electron chi connectivity index (χ1n) is 7.91. The molecule has 0 N–H and O–H groups in total. The average Bonchev–Trinajstić information content (AvgIpc) is 2.57. The lowest BCUT2D eigenvalue weighted by atomic mass is 9.67. The number of benzene rings is 2. The molecule has 0 fully saturated rings. The molecular weight excluding hydrogens is 314 g/mol. The minimum atomic E-state index is -2.11. The molecule has 2 aromatic carbocycles. The van der Waals surface area contributed by atoms with Gasteiger partial charge < -0.3 is 4.43 Å². The van der Waals surface area contributed by atoms with E-state index < -0.39 is 13.9 Å². The lowest BCUT2D eigenvalue weighted by Gasteiger charge is -2.42. The van der Waals surface area contributed by atoms with Crippen molar-refractivity contribution in [3.63, 3.8) is 0 Å². The third-order valence-corrected chi connectivity index (χ3v) is 4.81. The average molecular weight is 333 g/mol.